The third kappa shape index (κ3) is 4.64. The number of aromatic nitrogens is 1. The van der Waals surface area contributed by atoms with Gasteiger partial charge in [-0.15, -0.1) is 0 Å². The largest absolute Gasteiger partial charge is 0.381 e. The van der Waals surface area contributed by atoms with Gasteiger partial charge in [0.25, 0.3) is 0 Å². The van der Waals surface area contributed by atoms with E-state index in [9.17, 15) is 0 Å². The first-order valence-electron chi connectivity index (χ1n) is 6.19. The standard InChI is InChI=1S/C13H19BrN2O/c1-10-7-12(14)8-16-13(10)15-5-2-6-17-9-11-3-4-11/h7-8,11H,2-6,9H2,1H3,(H,15,16). The fourth-order valence-electron chi connectivity index (χ4n) is 1.64. The molecule has 0 unspecified atom stereocenters. The van der Waals surface area contributed by atoms with Crippen LogP contribution in [0.1, 0.15) is 24.8 Å². The molecule has 0 saturated heterocycles. The van der Waals surface area contributed by atoms with Crippen LogP contribution in [0, 0.1) is 12.8 Å². The molecule has 0 atom stereocenters. The van der Waals surface area contributed by atoms with Gasteiger partial charge in [0.1, 0.15) is 5.82 Å². The second-order valence-electron chi connectivity index (χ2n) is 4.62. The number of ether oxygens (including phenoxy) is 1. The predicted octanol–water partition coefficient (Wildman–Crippen LogP) is 3.38. The van der Waals surface area contributed by atoms with Crippen molar-refractivity contribution in [3.63, 3.8) is 0 Å². The van der Waals surface area contributed by atoms with Crippen molar-refractivity contribution in [2.24, 2.45) is 5.92 Å². The summed E-state index contributed by atoms with van der Waals surface area (Å²) in [4.78, 5) is 4.34. The predicted molar refractivity (Wildman–Crippen MR) is 73.3 cm³/mol. The average molecular weight is 299 g/mol. The van der Waals surface area contributed by atoms with E-state index in [0.29, 0.717) is 0 Å². The van der Waals surface area contributed by atoms with E-state index < -0.39 is 0 Å². The maximum atomic E-state index is 5.58. The minimum Gasteiger partial charge on any atom is -0.381 e. The Kier molecular flexibility index (Phi) is 4.80. The lowest BCUT2D eigenvalue weighted by Gasteiger charge is -2.08. The van der Waals surface area contributed by atoms with E-state index in [0.717, 1.165) is 42.4 Å². The number of hydrogen-bond acceptors (Lipinski definition) is 3. The molecule has 17 heavy (non-hydrogen) atoms. The molecule has 2 rings (SSSR count). The van der Waals surface area contributed by atoms with Crippen molar-refractivity contribution >= 4 is 21.7 Å². The van der Waals surface area contributed by atoms with Crippen LogP contribution in [0.2, 0.25) is 0 Å². The van der Waals surface area contributed by atoms with Crippen LogP contribution in [0.25, 0.3) is 0 Å². The van der Waals surface area contributed by atoms with E-state index in [1.807, 2.05) is 6.20 Å². The molecule has 1 aliphatic carbocycles. The number of aryl methyl sites for hydroxylation is 1. The summed E-state index contributed by atoms with van der Waals surface area (Å²) in [6.45, 7) is 4.78. The molecule has 1 fully saturated rings. The summed E-state index contributed by atoms with van der Waals surface area (Å²) in [5.41, 5.74) is 1.17. The van der Waals surface area contributed by atoms with Crippen molar-refractivity contribution in [1.29, 1.82) is 0 Å². The molecule has 1 aromatic rings. The Bertz CT molecular complexity index is 366. The Morgan fingerprint density at radius 1 is 1.53 bits per heavy atom. The summed E-state index contributed by atoms with van der Waals surface area (Å²) in [6.07, 6.45) is 5.57. The second-order valence-corrected chi connectivity index (χ2v) is 5.53. The van der Waals surface area contributed by atoms with Gasteiger partial charge in [-0.05, 0) is 59.7 Å². The Morgan fingerprint density at radius 2 is 2.35 bits per heavy atom. The third-order valence-electron chi connectivity index (χ3n) is 2.85. The van der Waals surface area contributed by atoms with Crippen LogP contribution in [-0.4, -0.2) is 24.7 Å². The van der Waals surface area contributed by atoms with Gasteiger partial charge in [0.05, 0.1) is 0 Å². The summed E-state index contributed by atoms with van der Waals surface area (Å²) in [7, 11) is 0. The third-order valence-corrected chi connectivity index (χ3v) is 3.29. The van der Waals surface area contributed by atoms with Gasteiger partial charge in [-0.25, -0.2) is 4.98 Å². The maximum Gasteiger partial charge on any atom is 0.128 e. The molecule has 0 aromatic carbocycles. The lowest BCUT2D eigenvalue weighted by Crippen LogP contribution is -2.08. The van der Waals surface area contributed by atoms with E-state index in [4.69, 9.17) is 4.74 Å². The van der Waals surface area contributed by atoms with Gasteiger partial charge in [0, 0.05) is 30.4 Å². The van der Waals surface area contributed by atoms with E-state index in [1.54, 1.807) is 0 Å². The first kappa shape index (κ1) is 12.8. The SMILES string of the molecule is Cc1cc(Br)cnc1NCCCOCC1CC1. The van der Waals surface area contributed by atoms with E-state index in [2.05, 4.69) is 39.2 Å². The highest BCUT2D eigenvalue weighted by atomic mass is 79.9. The van der Waals surface area contributed by atoms with Gasteiger partial charge in [-0.1, -0.05) is 0 Å². The molecule has 0 amide bonds. The minimum absolute atomic E-state index is 0.846. The molecular formula is C13H19BrN2O. The van der Waals surface area contributed by atoms with Crippen molar-refractivity contribution in [2.75, 3.05) is 25.1 Å². The van der Waals surface area contributed by atoms with Crippen molar-refractivity contribution in [3.8, 4) is 0 Å². The summed E-state index contributed by atoms with van der Waals surface area (Å²) >= 11 is 3.41. The van der Waals surface area contributed by atoms with Crippen molar-refractivity contribution in [2.45, 2.75) is 26.2 Å². The first-order chi connectivity index (χ1) is 8.25. The number of halogens is 1. The fraction of sp³-hybridized carbons (Fsp3) is 0.615. The lowest BCUT2D eigenvalue weighted by molar-refractivity contribution is 0.124. The number of anilines is 1. The molecule has 0 spiro atoms. The van der Waals surface area contributed by atoms with E-state index >= 15 is 0 Å². The molecular weight excluding hydrogens is 280 g/mol. The van der Waals surface area contributed by atoms with Crippen LogP contribution in [0.5, 0.6) is 0 Å². The van der Waals surface area contributed by atoms with Crippen LogP contribution < -0.4 is 5.32 Å². The molecule has 0 bridgehead atoms. The van der Waals surface area contributed by atoms with Crippen LogP contribution in [0.4, 0.5) is 5.82 Å². The Balaban J connectivity index is 1.60. The summed E-state index contributed by atoms with van der Waals surface area (Å²) in [5.74, 6) is 1.83. The molecule has 0 aliphatic heterocycles. The topological polar surface area (TPSA) is 34.2 Å². The minimum atomic E-state index is 0.846. The first-order valence-corrected chi connectivity index (χ1v) is 6.99. The smallest absolute Gasteiger partial charge is 0.128 e. The number of rotatable bonds is 7. The second kappa shape index (κ2) is 6.36. The zero-order valence-electron chi connectivity index (χ0n) is 10.2. The Hall–Kier alpha value is -0.610. The van der Waals surface area contributed by atoms with Gasteiger partial charge in [-0.3, -0.25) is 0 Å². The summed E-state index contributed by atoms with van der Waals surface area (Å²) in [5, 5.41) is 3.33. The average Bonchev–Trinajstić information content (AvgIpc) is 3.09. The summed E-state index contributed by atoms with van der Waals surface area (Å²) < 4.78 is 6.60. The number of hydrogen-bond donors (Lipinski definition) is 1. The van der Waals surface area contributed by atoms with Crippen LogP contribution in [0.3, 0.4) is 0 Å². The van der Waals surface area contributed by atoms with Crippen LogP contribution in [-0.2, 0) is 4.74 Å². The van der Waals surface area contributed by atoms with Gasteiger partial charge in [-0.2, -0.15) is 0 Å². The molecule has 4 heteroatoms. The van der Waals surface area contributed by atoms with Crippen molar-refractivity contribution < 1.29 is 4.74 Å². The molecule has 1 N–H and O–H groups in total. The normalized spacial score (nSPS) is 14.9. The molecule has 1 aromatic heterocycles. The van der Waals surface area contributed by atoms with E-state index in [-0.39, 0.29) is 0 Å². The molecule has 1 heterocycles. The zero-order valence-corrected chi connectivity index (χ0v) is 11.8. The fourth-order valence-corrected chi connectivity index (χ4v) is 2.09. The highest BCUT2D eigenvalue weighted by molar-refractivity contribution is 9.10. The maximum absolute atomic E-state index is 5.58. The molecule has 94 valence electrons. The van der Waals surface area contributed by atoms with Gasteiger partial charge >= 0.3 is 0 Å². The van der Waals surface area contributed by atoms with Gasteiger partial charge in [0.15, 0.2) is 0 Å². The molecule has 3 nitrogen and oxygen atoms in total. The van der Waals surface area contributed by atoms with Crippen molar-refractivity contribution in [3.05, 3.63) is 22.3 Å². The van der Waals surface area contributed by atoms with Crippen LogP contribution >= 0.6 is 15.9 Å². The van der Waals surface area contributed by atoms with Crippen LogP contribution in [0.15, 0.2) is 16.7 Å². The monoisotopic (exact) mass is 298 g/mol. The number of nitrogens with zero attached hydrogens (tertiary/aromatic N) is 1. The number of pyridine rings is 1. The van der Waals surface area contributed by atoms with E-state index in [1.165, 1.54) is 18.4 Å². The molecule has 1 aliphatic rings. The summed E-state index contributed by atoms with van der Waals surface area (Å²) in [6, 6.07) is 2.07. The number of nitrogens with one attached hydrogen (secondary N) is 1. The van der Waals surface area contributed by atoms with Gasteiger partial charge in [0.2, 0.25) is 0 Å². The lowest BCUT2D eigenvalue weighted by atomic mass is 10.3. The zero-order chi connectivity index (χ0) is 12.1. The highest BCUT2D eigenvalue weighted by Crippen LogP contribution is 2.28. The quantitative estimate of drug-likeness (QED) is 0.784. The molecule has 0 radical (unpaired) electrons. The highest BCUT2D eigenvalue weighted by Gasteiger charge is 2.20. The Labute approximate surface area is 111 Å². The molecule has 1 saturated carbocycles. The van der Waals surface area contributed by atoms with Gasteiger partial charge < -0.3 is 10.1 Å². The Morgan fingerprint density at radius 3 is 3.06 bits per heavy atom. The van der Waals surface area contributed by atoms with Crippen molar-refractivity contribution in [1.82, 2.24) is 4.98 Å².